The van der Waals surface area contributed by atoms with Crippen molar-refractivity contribution in [2.75, 3.05) is 13.2 Å². The lowest BCUT2D eigenvalue weighted by Gasteiger charge is -2.20. The lowest BCUT2D eigenvalue weighted by atomic mass is 10.0. The summed E-state index contributed by atoms with van der Waals surface area (Å²) in [5, 5.41) is 23.2. The molecule has 0 fully saturated rings. The van der Waals surface area contributed by atoms with Gasteiger partial charge in [-0.05, 0) is 89.9 Å². The average Bonchev–Trinajstić information content (AvgIpc) is 3.47. The van der Waals surface area contributed by atoms with Gasteiger partial charge in [0.1, 0.15) is 0 Å². The van der Waals surface area contributed by atoms with Crippen molar-refractivity contribution in [2.45, 2.75) is 405 Å². The van der Waals surface area contributed by atoms with Crippen LogP contribution in [0.25, 0.3) is 0 Å². The molecule has 0 bridgehead atoms. The number of nitrogens with one attached hydrogen (secondary N) is 1. The van der Waals surface area contributed by atoms with E-state index in [1.807, 2.05) is 6.08 Å². The Morgan fingerprint density at radius 1 is 0.346 bits per heavy atom. The molecule has 0 aromatic heterocycles. The minimum absolute atomic E-state index is 0.00850. The Balaban J connectivity index is 3.44. The molecule has 6 nitrogen and oxygen atoms in total. The SMILES string of the molecule is CCCCCCCC/C=C\CCCCCCCCCCCC(=O)OCCCCCCCCCCC/C=C\C/C=C\CCCCCCCCCCCC(=O)NC(CO)C(O)/C=C/CCCCCCCCCCCCCCCCCCCC. The molecule has 0 saturated carbocycles. The Labute approximate surface area is 506 Å². The Kier molecular flexibility index (Phi) is 68.4. The quantitative estimate of drug-likeness (QED) is 0.0320. The first kappa shape index (κ1) is 78.8. The number of esters is 1. The van der Waals surface area contributed by atoms with Crippen LogP contribution in [-0.2, 0) is 14.3 Å². The number of aliphatic hydroxyl groups excluding tert-OH is 2. The van der Waals surface area contributed by atoms with Gasteiger partial charge in [0, 0.05) is 12.8 Å². The Morgan fingerprint density at radius 3 is 0.951 bits per heavy atom. The highest BCUT2D eigenvalue weighted by atomic mass is 16.5. The molecule has 6 heteroatoms. The predicted molar refractivity (Wildman–Crippen MR) is 356 cm³/mol. The zero-order valence-electron chi connectivity index (χ0n) is 54.5. The second kappa shape index (κ2) is 70.3. The van der Waals surface area contributed by atoms with Gasteiger partial charge in [0.2, 0.25) is 5.91 Å². The molecule has 81 heavy (non-hydrogen) atoms. The largest absolute Gasteiger partial charge is 0.466 e. The summed E-state index contributed by atoms with van der Waals surface area (Å²) in [4.78, 5) is 24.6. The smallest absolute Gasteiger partial charge is 0.305 e. The van der Waals surface area contributed by atoms with Crippen molar-refractivity contribution in [1.82, 2.24) is 5.32 Å². The van der Waals surface area contributed by atoms with Crippen molar-refractivity contribution in [3.8, 4) is 0 Å². The molecule has 3 N–H and O–H groups in total. The van der Waals surface area contributed by atoms with Crippen LogP contribution in [0.15, 0.2) is 48.6 Å². The zero-order chi connectivity index (χ0) is 58.5. The molecule has 0 radical (unpaired) electrons. The van der Waals surface area contributed by atoms with Crippen LogP contribution in [0.2, 0.25) is 0 Å². The number of hydrogen-bond donors (Lipinski definition) is 3. The van der Waals surface area contributed by atoms with Gasteiger partial charge in [0.15, 0.2) is 0 Å². The second-order valence-electron chi connectivity index (χ2n) is 24.9. The lowest BCUT2D eigenvalue weighted by Crippen LogP contribution is -2.45. The van der Waals surface area contributed by atoms with Crippen LogP contribution in [0.4, 0.5) is 0 Å². The Morgan fingerprint density at radius 2 is 0.617 bits per heavy atom. The third kappa shape index (κ3) is 66.8. The van der Waals surface area contributed by atoms with Crippen LogP contribution in [0.5, 0.6) is 0 Å². The number of rotatable bonds is 68. The number of amides is 1. The first-order valence-corrected chi connectivity index (χ1v) is 36.4. The predicted octanol–water partition coefficient (Wildman–Crippen LogP) is 23.6. The third-order valence-electron chi connectivity index (χ3n) is 16.8. The normalized spacial score (nSPS) is 12.8. The summed E-state index contributed by atoms with van der Waals surface area (Å²) in [6.07, 6.45) is 91.9. The standard InChI is InChI=1S/C75H141NO5/c1-3-5-7-9-11-13-15-17-19-21-23-32-35-39-43-47-51-55-59-63-67-73(78)72(71-77)76-74(79)68-64-60-56-52-48-44-40-36-33-29-27-25-24-26-28-30-34-38-42-46-50-54-58-62-66-70-81-75(80)69-65-61-57-53-49-45-41-37-31-22-20-18-16-14-12-10-8-6-4-2/h18,20,25-28,63,67,72-73,77-78H,3-17,19,21-24,29-62,64-66,68-71H2,1-2H3,(H,76,79)/b20-18-,27-25-,28-26-,67-63+. The molecule has 0 aliphatic rings. The number of hydrogen-bond acceptors (Lipinski definition) is 5. The number of carbonyl (C=O) groups excluding carboxylic acids is 2. The number of ether oxygens (including phenoxy) is 1. The van der Waals surface area contributed by atoms with Crippen LogP contribution >= 0.6 is 0 Å². The van der Waals surface area contributed by atoms with Gasteiger partial charge < -0.3 is 20.3 Å². The molecule has 0 rings (SSSR count). The third-order valence-corrected chi connectivity index (χ3v) is 16.8. The molecule has 476 valence electrons. The van der Waals surface area contributed by atoms with Gasteiger partial charge in [0.05, 0.1) is 25.4 Å². The van der Waals surface area contributed by atoms with Crippen molar-refractivity contribution >= 4 is 11.9 Å². The van der Waals surface area contributed by atoms with Gasteiger partial charge in [-0.3, -0.25) is 9.59 Å². The fourth-order valence-electron chi connectivity index (χ4n) is 11.3. The molecule has 0 heterocycles. The van der Waals surface area contributed by atoms with Crippen molar-refractivity contribution in [3.05, 3.63) is 48.6 Å². The average molecular weight is 1140 g/mol. The van der Waals surface area contributed by atoms with Crippen LogP contribution in [0.1, 0.15) is 393 Å². The molecule has 0 aliphatic carbocycles. The monoisotopic (exact) mass is 1140 g/mol. The van der Waals surface area contributed by atoms with Gasteiger partial charge in [-0.25, -0.2) is 0 Å². The molecular weight excluding hydrogens is 995 g/mol. The molecule has 0 aliphatic heterocycles. The summed E-state index contributed by atoms with van der Waals surface area (Å²) in [7, 11) is 0. The maximum absolute atomic E-state index is 12.5. The number of aliphatic hydroxyl groups is 2. The van der Waals surface area contributed by atoms with Gasteiger partial charge in [-0.2, -0.15) is 0 Å². The van der Waals surface area contributed by atoms with Crippen LogP contribution in [-0.4, -0.2) is 47.4 Å². The minimum Gasteiger partial charge on any atom is -0.466 e. The number of allylic oxidation sites excluding steroid dienone is 7. The molecule has 1 amide bonds. The fraction of sp³-hybridized carbons (Fsp3) is 0.867. The van der Waals surface area contributed by atoms with Gasteiger partial charge in [-0.15, -0.1) is 0 Å². The highest BCUT2D eigenvalue weighted by Gasteiger charge is 2.18. The highest BCUT2D eigenvalue weighted by Crippen LogP contribution is 2.18. The highest BCUT2D eigenvalue weighted by molar-refractivity contribution is 5.76. The van der Waals surface area contributed by atoms with E-state index in [1.165, 1.54) is 315 Å². The molecule has 2 unspecified atom stereocenters. The van der Waals surface area contributed by atoms with Gasteiger partial charge >= 0.3 is 5.97 Å². The summed E-state index contributed by atoms with van der Waals surface area (Å²) in [6, 6.07) is -0.634. The maximum atomic E-state index is 12.5. The van der Waals surface area contributed by atoms with Crippen LogP contribution in [0, 0.1) is 0 Å². The first-order valence-electron chi connectivity index (χ1n) is 36.4. The second-order valence-corrected chi connectivity index (χ2v) is 24.9. The van der Waals surface area contributed by atoms with Crippen molar-refractivity contribution in [1.29, 1.82) is 0 Å². The molecular formula is C75H141NO5. The number of unbranched alkanes of at least 4 members (excludes halogenated alkanes) is 51. The van der Waals surface area contributed by atoms with E-state index in [1.54, 1.807) is 6.08 Å². The van der Waals surface area contributed by atoms with E-state index >= 15 is 0 Å². The Hall–Kier alpha value is -2.18. The van der Waals surface area contributed by atoms with E-state index in [2.05, 4.69) is 55.6 Å². The van der Waals surface area contributed by atoms with Gasteiger partial charge in [-0.1, -0.05) is 339 Å². The topological polar surface area (TPSA) is 95.9 Å². The minimum atomic E-state index is -0.850. The first-order chi connectivity index (χ1) is 40.0. The van der Waals surface area contributed by atoms with E-state index in [9.17, 15) is 19.8 Å². The van der Waals surface area contributed by atoms with Crippen molar-refractivity contribution in [3.63, 3.8) is 0 Å². The van der Waals surface area contributed by atoms with E-state index in [0.717, 1.165) is 51.4 Å². The van der Waals surface area contributed by atoms with Crippen LogP contribution < -0.4 is 5.32 Å². The summed E-state index contributed by atoms with van der Waals surface area (Å²) in [5.74, 6) is -0.0627. The molecule has 0 spiro atoms. The summed E-state index contributed by atoms with van der Waals surface area (Å²) in [6.45, 7) is 4.93. The van der Waals surface area contributed by atoms with Gasteiger partial charge in [0.25, 0.3) is 0 Å². The van der Waals surface area contributed by atoms with Crippen LogP contribution in [0.3, 0.4) is 0 Å². The maximum Gasteiger partial charge on any atom is 0.305 e. The van der Waals surface area contributed by atoms with Crippen molar-refractivity contribution in [2.24, 2.45) is 0 Å². The summed E-state index contributed by atoms with van der Waals surface area (Å²) >= 11 is 0. The lowest BCUT2D eigenvalue weighted by molar-refractivity contribution is -0.143. The fourth-order valence-corrected chi connectivity index (χ4v) is 11.3. The summed E-state index contributed by atoms with van der Waals surface area (Å²) < 4.78 is 5.50. The van der Waals surface area contributed by atoms with E-state index in [0.29, 0.717) is 19.4 Å². The summed E-state index contributed by atoms with van der Waals surface area (Å²) in [5.41, 5.74) is 0. The molecule has 0 aromatic rings. The molecule has 2 atom stereocenters. The molecule has 0 aromatic carbocycles. The zero-order valence-corrected chi connectivity index (χ0v) is 54.5. The number of carbonyl (C=O) groups is 2. The van der Waals surface area contributed by atoms with E-state index in [4.69, 9.17) is 4.74 Å². The van der Waals surface area contributed by atoms with Crippen molar-refractivity contribution < 1.29 is 24.5 Å². The van der Waals surface area contributed by atoms with E-state index in [-0.39, 0.29) is 18.5 Å². The molecule has 0 saturated heterocycles. The van der Waals surface area contributed by atoms with E-state index < -0.39 is 12.1 Å². The Bertz CT molecular complexity index is 1360.